The van der Waals surface area contributed by atoms with Crippen molar-refractivity contribution in [1.82, 2.24) is 0 Å². The zero-order valence-corrected chi connectivity index (χ0v) is 20.6. The average molecular weight is 479 g/mol. The largest absolute Gasteiger partial charge is 0.480 e. The van der Waals surface area contributed by atoms with Crippen LogP contribution in [0.15, 0.2) is 133 Å². The van der Waals surface area contributed by atoms with E-state index in [0.29, 0.717) is 0 Å². The Morgan fingerprint density at radius 3 is 1.43 bits per heavy atom. The lowest BCUT2D eigenvalue weighted by molar-refractivity contribution is -0.141. The smallest absolute Gasteiger partial charge is 0.318 e. The highest BCUT2D eigenvalue weighted by molar-refractivity contribution is 6.04. The molecule has 0 radical (unpaired) electrons. The second-order valence-electron chi connectivity index (χ2n) is 9.58. The molecule has 0 heterocycles. The minimum atomic E-state index is -1.29. The van der Waals surface area contributed by atoms with Gasteiger partial charge in [-0.3, -0.25) is 4.79 Å². The highest BCUT2D eigenvalue weighted by Crippen LogP contribution is 2.46. The van der Waals surface area contributed by atoms with E-state index in [9.17, 15) is 9.90 Å². The number of carbonyl (C=O) groups is 1. The Kier molecular flexibility index (Phi) is 5.58. The van der Waals surface area contributed by atoms with Gasteiger partial charge in [-0.2, -0.15) is 0 Å². The molecule has 0 fully saturated rings. The average Bonchev–Trinajstić information content (AvgIpc) is 2.96. The molecule has 0 bridgehead atoms. The fraction of sp³-hybridized carbons (Fsp3) is 0.0571. The predicted molar refractivity (Wildman–Crippen MR) is 153 cm³/mol. The molecule has 0 aromatic heterocycles. The van der Waals surface area contributed by atoms with Crippen molar-refractivity contribution in [2.75, 3.05) is 0 Å². The summed E-state index contributed by atoms with van der Waals surface area (Å²) >= 11 is 0. The molecule has 0 aliphatic carbocycles. The molecule has 0 spiro atoms. The van der Waals surface area contributed by atoms with Gasteiger partial charge in [-0.15, -0.1) is 0 Å². The Morgan fingerprint density at radius 1 is 0.514 bits per heavy atom. The molecule has 0 amide bonds. The van der Waals surface area contributed by atoms with Gasteiger partial charge in [0.15, 0.2) is 0 Å². The maximum absolute atomic E-state index is 13.3. The van der Waals surface area contributed by atoms with Crippen molar-refractivity contribution in [2.45, 2.75) is 12.3 Å². The summed E-state index contributed by atoms with van der Waals surface area (Å²) in [5.41, 5.74) is 4.16. The fourth-order valence-electron chi connectivity index (χ4n) is 5.61. The lowest BCUT2D eigenvalue weighted by Gasteiger charge is -2.32. The molecule has 6 rings (SSSR count). The molecule has 0 unspecified atom stereocenters. The minimum Gasteiger partial charge on any atom is -0.480 e. The summed E-state index contributed by atoms with van der Waals surface area (Å²) in [5.74, 6) is -0.882. The number of hydrogen-bond acceptors (Lipinski definition) is 1. The van der Waals surface area contributed by atoms with Crippen LogP contribution in [0.5, 0.6) is 0 Å². The van der Waals surface area contributed by atoms with Gasteiger partial charge < -0.3 is 5.11 Å². The van der Waals surface area contributed by atoms with E-state index in [1.165, 1.54) is 0 Å². The Hall–Kier alpha value is -4.69. The highest BCUT2D eigenvalue weighted by Gasteiger charge is 2.41. The van der Waals surface area contributed by atoms with E-state index >= 15 is 0 Å². The van der Waals surface area contributed by atoms with Crippen LogP contribution in [0.3, 0.4) is 0 Å². The summed E-state index contributed by atoms with van der Waals surface area (Å²) in [5, 5.41) is 15.4. The minimum absolute atomic E-state index is 0.747. The van der Waals surface area contributed by atoms with Crippen LogP contribution >= 0.6 is 0 Å². The summed E-state index contributed by atoms with van der Waals surface area (Å²) in [6.45, 7) is 1.84. The van der Waals surface area contributed by atoms with E-state index in [1.54, 1.807) is 0 Å². The lowest BCUT2D eigenvalue weighted by Crippen LogP contribution is -2.35. The number of carboxylic acid groups (broad SMARTS) is 1. The second-order valence-corrected chi connectivity index (χ2v) is 9.58. The molecule has 2 heteroatoms. The third kappa shape index (κ3) is 3.70. The molecule has 6 aromatic carbocycles. The molecule has 0 saturated carbocycles. The van der Waals surface area contributed by atoms with Gasteiger partial charge in [-0.05, 0) is 61.8 Å². The molecule has 1 atom stereocenters. The van der Waals surface area contributed by atoms with Crippen LogP contribution in [-0.2, 0) is 10.2 Å². The van der Waals surface area contributed by atoms with Crippen LogP contribution < -0.4 is 0 Å². The van der Waals surface area contributed by atoms with Crippen molar-refractivity contribution in [2.24, 2.45) is 0 Å². The first-order valence-electron chi connectivity index (χ1n) is 12.5. The van der Waals surface area contributed by atoms with Crippen molar-refractivity contribution in [1.29, 1.82) is 0 Å². The SMILES string of the molecule is C[C@@](C(=O)O)(c1ccccc1)c1c(-c2cccc3ccccc23)cccc1-c1cccc2ccccc12. The molecular formula is C35H26O2. The van der Waals surface area contributed by atoms with Gasteiger partial charge in [-0.1, -0.05) is 133 Å². The summed E-state index contributed by atoms with van der Waals surface area (Å²) < 4.78 is 0. The molecule has 2 nitrogen and oxygen atoms in total. The zero-order valence-electron chi connectivity index (χ0n) is 20.6. The van der Waals surface area contributed by atoms with Gasteiger partial charge in [0.25, 0.3) is 0 Å². The molecule has 0 saturated heterocycles. The molecular weight excluding hydrogens is 452 g/mol. The van der Waals surface area contributed by atoms with E-state index in [0.717, 1.165) is 54.9 Å². The first-order valence-corrected chi connectivity index (χ1v) is 12.5. The Bertz CT molecular complexity index is 1660. The van der Waals surface area contributed by atoms with Crippen LogP contribution in [0.1, 0.15) is 18.1 Å². The van der Waals surface area contributed by atoms with Gasteiger partial charge in [0, 0.05) is 0 Å². The third-order valence-electron chi connectivity index (χ3n) is 7.50. The van der Waals surface area contributed by atoms with E-state index in [2.05, 4.69) is 60.7 Å². The van der Waals surface area contributed by atoms with Crippen LogP contribution in [0.2, 0.25) is 0 Å². The fourth-order valence-corrected chi connectivity index (χ4v) is 5.61. The normalized spacial score (nSPS) is 12.9. The van der Waals surface area contributed by atoms with Crippen molar-refractivity contribution in [3.8, 4) is 22.3 Å². The molecule has 0 aliphatic rings. The maximum atomic E-state index is 13.3. The van der Waals surface area contributed by atoms with Crippen molar-refractivity contribution in [3.63, 3.8) is 0 Å². The maximum Gasteiger partial charge on any atom is 0.318 e. The third-order valence-corrected chi connectivity index (χ3v) is 7.50. The van der Waals surface area contributed by atoms with Crippen LogP contribution in [0, 0.1) is 0 Å². The number of fused-ring (bicyclic) bond motifs is 2. The number of aliphatic carboxylic acids is 1. The second kappa shape index (κ2) is 9.07. The topological polar surface area (TPSA) is 37.3 Å². The first-order chi connectivity index (χ1) is 18.1. The Labute approximate surface area is 216 Å². The summed E-state index contributed by atoms with van der Waals surface area (Å²) in [7, 11) is 0. The molecule has 6 aromatic rings. The Balaban J connectivity index is 1.78. The zero-order chi connectivity index (χ0) is 25.4. The van der Waals surface area contributed by atoms with Gasteiger partial charge >= 0.3 is 5.97 Å². The molecule has 37 heavy (non-hydrogen) atoms. The molecule has 1 N–H and O–H groups in total. The molecule has 0 aliphatic heterocycles. The van der Waals surface area contributed by atoms with Gasteiger partial charge in [0.2, 0.25) is 0 Å². The predicted octanol–water partition coefficient (Wildman–Crippen LogP) is 8.72. The lowest BCUT2D eigenvalue weighted by atomic mass is 9.70. The summed E-state index contributed by atoms with van der Waals surface area (Å²) in [6.07, 6.45) is 0. The first kappa shape index (κ1) is 22.8. The number of hydrogen-bond donors (Lipinski definition) is 1. The summed E-state index contributed by atoms with van der Waals surface area (Å²) in [4.78, 5) is 13.3. The van der Waals surface area contributed by atoms with Crippen molar-refractivity contribution < 1.29 is 9.90 Å². The van der Waals surface area contributed by atoms with E-state index in [1.807, 2.05) is 79.7 Å². The van der Waals surface area contributed by atoms with Crippen LogP contribution in [-0.4, -0.2) is 11.1 Å². The van der Waals surface area contributed by atoms with Crippen LogP contribution in [0.4, 0.5) is 0 Å². The van der Waals surface area contributed by atoms with E-state index in [-0.39, 0.29) is 0 Å². The number of benzene rings is 6. The number of rotatable bonds is 5. The van der Waals surface area contributed by atoms with Gasteiger partial charge in [0.1, 0.15) is 5.41 Å². The van der Waals surface area contributed by atoms with Gasteiger partial charge in [-0.25, -0.2) is 0 Å². The van der Waals surface area contributed by atoms with E-state index < -0.39 is 11.4 Å². The van der Waals surface area contributed by atoms with Crippen molar-refractivity contribution >= 4 is 27.5 Å². The quantitative estimate of drug-likeness (QED) is 0.269. The monoisotopic (exact) mass is 478 g/mol. The van der Waals surface area contributed by atoms with Crippen LogP contribution in [0.25, 0.3) is 43.8 Å². The Morgan fingerprint density at radius 2 is 0.919 bits per heavy atom. The highest BCUT2D eigenvalue weighted by atomic mass is 16.4. The van der Waals surface area contributed by atoms with E-state index in [4.69, 9.17) is 0 Å². The van der Waals surface area contributed by atoms with Gasteiger partial charge in [0.05, 0.1) is 0 Å². The number of carboxylic acids is 1. The standard InChI is InChI=1S/C35H26O2/c1-35(34(36)37,26-16-3-2-4-17-26)33-31(29-20-9-14-24-12-5-7-18-27(24)29)22-11-23-32(33)30-21-10-15-25-13-6-8-19-28(25)30/h2-23H,1H3,(H,36,37)/t35-/m1/s1. The molecule has 178 valence electrons. The summed E-state index contributed by atoms with van der Waals surface area (Å²) in [6, 6.07) is 44.8. The van der Waals surface area contributed by atoms with Crippen molar-refractivity contribution in [3.05, 3.63) is 145 Å².